The molecule has 5 N–H and O–H groups in total. The van der Waals surface area contributed by atoms with Gasteiger partial charge in [0.2, 0.25) is 0 Å². The lowest BCUT2D eigenvalue weighted by molar-refractivity contribution is -0.138. The van der Waals surface area contributed by atoms with Gasteiger partial charge in [-0.2, -0.15) is 0 Å². The number of hydrogen-bond donors (Lipinski definition) is 3. The van der Waals surface area contributed by atoms with Gasteiger partial charge in [-0.25, -0.2) is 0 Å². The second kappa shape index (κ2) is 4.56. The smallest absolute Gasteiger partial charge is 0.320 e. The molecule has 0 radical (unpaired) electrons. The van der Waals surface area contributed by atoms with Gasteiger partial charge in [-0.05, 0) is 12.1 Å². The van der Waals surface area contributed by atoms with E-state index in [4.69, 9.17) is 17.9 Å². The third-order valence-corrected chi connectivity index (χ3v) is 1.91. The fraction of sp³-hybridized carbons (Fsp3) is 0.200. The molecular formula is C10H12N2O3. The Balaban J connectivity index is 2.89. The highest BCUT2D eigenvalue weighted by Gasteiger charge is 2.18. The predicted molar refractivity (Wildman–Crippen MR) is 55.4 cm³/mol. The predicted octanol–water partition coefficient (Wildman–Crippen LogP) is 0.254. The Bertz CT molecular complexity index is 434. The molecule has 5 heteroatoms. The number of nitrogens with two attached hydrogens (primary N) is 2. The van der Waals surface area contributed by atoms with Crippen LogP contribution in [0.1, 0.15) is 18.1 Å². The summed E-state index contributed by atoms with van der Waals surface area (Å²) in [6.45, 7) is 0. The van der Waals surface area contributed by atoms with Crippen LogP contribution in [0.4, 0.5) is 5.69 Å². The van der Waals surface area contributed by atoms with Gasteiger partial charge in [0.25, 0.3) is 0 Å². The van der Waals surface area contributed by atoms with Gasteiger partial charge in [0, 0.05) is 17.7 Å². The van der Waals surface area contributed by atoms with E-state index in [2.05, 4.69) is 0 Å². The largest absolute Gasteiger partial charge is 0.480 e. The summed E-state index contributed by atoms with van der Waals surface area (Å²) in [7, 11) is 0. The first-order valence-corrected chi connectivity index (χ1v) is 4.30. The van der Waals surface area contributed by atoms with E-state index in [1.54, 1.807) is 0 Å². The monoisotopic (exact) mass is 210 g/mol. The van der Waals surface area contributed by atoms with Crippen molar-refractivity contribution in [3.63, 3.8) is 0 Å². The normalized spacial score (nSPS) is 13.0. The third-order valence-electron chi connectivity index (χ3n) is 1.91. The van der Waals surface area contributed by atoms with Crippen LogP contribution in [-0.2, 0) is 4.79 Å². The highest BCUT2D eigenvalue weighted by Crippen LogP contribution is 2.13. The Labute approximate surface area is 88.1 Å². The molecule has 0 heterocycles. The molecule has 15 heavy (non-hydrogen) atoms. The molecule has 0 saturated heterocycles. The van der Waals surface area contributed by atoms with Crippen molar-refractivity contribution in [2.45, 2.75) is 12.5 Å². The summed E-state index contributed by atoms with van der Waals surface area (Å²) in [4.78, 5) is 22.1. The van der Waals surface area contributed by atoms with Crippen molar-refractivity contribution in [1.29, 1.82) is 0 Å². The van der Waals surface area contributed by atoms with Crippen LogP contribution >= 0.6 is 0 Å². The zero-order valence-corrected chi connectivity index (χ0v) is 7.93. The molecule has 1 aromatic carbocycles. The average molecular weight is 210 g/mol. The zero-order valence-electron chi connectivity index (χ0n) is 8.93. The van der Waals surface area contributed by atoms with Gasteiger partial charge < -0.3 is 16.6 Å². The number of carboxylic acids is 1. The molecule has 0 fully saturated rings. The number of carbonyl (C=O) groups excluding carboxylic acids is 1. The van der Waals surface area contributed by atoms with Crippen LogP contribution in [-0.4, -0.2) is 22.9 Å². The summed E-state index contributed by atoms with van der Waals surface area (Å²) in [5.41, 5.74) is 11.0. The fourth-order valence-corrected chi connectivity index (χ4v) is 1.09. The van der Waals surface area contributed by atoms with Crippen molar-refractivity contribution in [1.82, 2.24) is 0 Å². The van der Waals surface area contributed by atoms with Gasteiger partial charge in [-0.3, -0.25) is 9.59 Å². The Morgan fingerprint density at radius 2 is 2.20 bits per heavy atom. The first-order chi connectivity index (χ1) is 7.43. The van der Waals surface area contributed by atoms with Gasteiger partial charge >= 0.3 is 5.97 Å². The van der Waals surface area contributed by atoms with Crippen LogP contribution in [0.15, 0.2) is 24.2 Å². The molecule has 1 rings (SSSR count). The Hall–Kier alpha value is -1.88. The molecule has 0 aliphatic heterocycles. The molecule has 80 valence electrons. The summed E-state index contributed by atoms with van der Waals surface area (Å²) >= 11 is 0. The number of aliphatic carboxylic acids is 1. The first kappa shape index (κ1) is 9.67. The summed E-state index contributed by atoms with van der Waals surface area (Å²) in [6, 6.07) is 3.20. The molecule has 1 aromatic rings. The van der Waals surface area contributed by atoms with E-state index in [9.17, 15) is 9.59 Å². The van der Waals surface area contributed by atoms with E-state index in [1.807, 2.05) is 0 Å². The van der Waals surface area contributed by atoms with Crippen molar-refractivity contribution >= 4 is 17.4 Å². The third kappa shape index (κ3) is 2.78. The second-order valence-corrected chi connectivity index (χ2v) is 3.07. The van der Waals surface area contributed by atoms with Crippen molar-refractivity contribution < 1.29 is 16.1 Å². The van der Waals surface area contributed by atoms with Gasteiger partial charge in [0.15, 0.2) is 5.78 Å². The van der Waals surface area contributed by atoms with Crippen molar-refractivity contribution in [2.24, 2.45) is 5.73 Å². The molecule has 0 unspecified atom stereocenters. The Morgan fingerprint density at radius 1 is 1.53 bits per heavy atom. The summed E-state index contributed by atoms with van der Waals surface area (Å²) in [6.07, 6.45) is -0.330. The molecule has 1 atom stereocenters. The fourth-order valence-electron chi connectivity index (χ4n) is 1.09. The quantitative estimate of drug-likeness (QED) is 0.488. The highest BCUT2D eigenvalue weighted by molar-refractivity contribution is 6.02. The molecule has 0 aromatic heterocycles. The highest BCUT2D eigenvalue weighted by atomic mass is 16.4. The lowest BCUT2D eigenvalue weighted by Crippen LogP contribution is -2.32. The van der Waals surface area contributed by atoms with Crippen LogP contribution in [0.3, 0.4) is 0 Å². The standard InChI is InChI=1S/C10H12N2O3/c11-7-4-2-1-3-6(7)9(13)5-8(12)10(14)15/h1-4,8H,5,11-12H2,(H,14,15)/t8-/m0/s1/i4T. The van der Waals surface area contributed by atoms with Crippen molar-refractivity contribution in [3.05, 3.63) is 29.8 Å². The van der Waals surface area contributed by atoms with E-state index in [-0.39, 0.29) is 23.7 Å². The number of para-hydroxylation sites is 1. The first-order valence-electron chi connectivity index (χ1n) is 4.80. The average Bonchev–Trinajstić information content (AvgIpc) is 2.21. The summed E-state index contributed by atoms with van der Waals surface area (Å²) in [5, 5.41) is 8.56. The number of hydrogen-bond acceptors (Lipinski definition) is 4. The Morgan fingerprint density at radius 3 is 2.80 bits per heavy atom. The molecule has 0 saturated carbocycles. The summed E-state index contributed by atoms with van der Waals surface area (Å²) in [5.74, 6) is -1.71. The van der Waals surface area contributed by atoms with Gasteiger partial charge in [-0.15, -0.1) is 0 Å². The van der Waals surface area contributed by atoms with Crippen LogP contribution in [0.5, 0.6) is 0 Å². The number of anilines is 1. The minimum Gasteiger partial charge on any atom is -0.480 e. The maximum atomic E-state index is 11.6. The second-order valence-electron chi connectivity index (χ2n) is 3.07. The van der Waals surface area contributed by atoms with E-state index in [0.29, 0.717) is 0 Å². The molecule has 0 bridgehead atoms. The van der Waals surface area contributed by atoms with Gasteiger partial charge in [0.05, 0.1) is 1.37 Å². The van der Waals surface area contributed by atoms with E-state index in [1.165, 1.54) is 18.2 Å². The van der Waals surface area contributed by atoms with Crippen molar-refractivity contribution in [3.8, 4) is 0 Å². The van der Waals surface area contributed by atoms with Gasteiger partial charge in [-0.1, -0.05) is 12.1 Å². The molecule has 0 aliphatic carbocycles. The number of rotatable bonds is 4. The zero-order chi connectivity index (χ0) is 12.3. The minimum absolute atomic E-state index is 0.0368. The van der Waals surface area contributed by atoms with E-state index in [0.717, 1.165) is 0 Å². The van der Waals surface area contributed by atoms with E-state index >= 15 is 0 Å². The molecule has 0 amide bonds. The number of nitrogen functional groups attached to an aromatic ring is 1. The number of ketones is 1. The molecule has 5 nitrogen and oxygen atoms in total. The minimum atomic E-state index is -1.25. The number of benzene rings is 1. The van der Waals surface area contributed by atoms with Crippen LogP contribution in [0, 0.1) is 0 Å². The maximum Gasteiger partial charge on any atom is 0.320 e. The SMILES string of the molecule is [3H]c1cccc(C(=O)C[C@H](N)C(=O)O)c1N. The maximum absolute atomic E-state index is 11.6. The molecule has 0 spiro atoms. The van der Waals surface area contributed by atoms with Crippen LogP contribution < -0.4 is 11.5 Å². The van der Waals surface area contributed by atoms with Gasteiger partial charge in [0.1, 0.15) is 6.04 Å². The molecular weight excluding hydrogens is 196 g/mol. The Kier molecular flexibility index (Phi) is 2.94. The summed E-state index contributed by atoms with van der Waals surface area (Å²) < 4.78 is 7.40. The molecule has 0 aliphatic rings. The number of Topliss-reactive ketones (excluding diaryl/α,β-unsaturated/α-hetero) is 1. The number of carboxylic acid groups (broad SMARTS) is 1. The van der Waals surface area contributed by atoms with E-state index < -0.39 is 17.8 Å². The number of carbonyl (C=O) groups is 2. The van der Waals surface area contributed by atoms with Crippen LogP contribution in [0.2, 0.25) is 0 Å². The lowest BCUT2D eigenvalue weighted by atomic mass is 10.0. The van der Waals surface area contributed by atoms with Crippen LogP contribution in [0.25, 0.3) is 0 Å². The lowest BCUT2D eigenvalue weighted by Gasteiger charge is -2.07. The van der Waals surface area contributed by atoms with Crippen molar-refractivity contribution in [2.75, 3.05) is 5.73 Å². The topological polar surface area (TPSA) is 106 Å².